The van der Waals surface area contributed by atoms with Crippen LogP contribution in [-0.4, -0.2) is 37.1 Å². The lowest BCUT2D eigenvalue weighted by atomic mass is 10.2. The minimum absolute atomic E-state index is 0.255. The minimum Gasteiger partial charge on any atom is -0.368 e. The summed E-state index contributed by atoms with van der Waals surface area (Å²) in [5.41, 5.74) is 2.33. The summed E-state index contributed by atoms with van der Waals surface area (Å²) in [7, 11) is 0. The van der Waals surface area contributed by atoms with Crippen molar-refractivity contribution in [3.63, 3.8) is 0 Å². The van der Waals surface area contributed by atoms with Crippen molar-refractivity contribution in [1.29, 1.82) is 0 Å². The fourth-order valence-electron chi connectivity index (χ4n) is 3.32. The van der Waals surface area contributed by atoms with Gasteiger partial charge in [0.1, 0.15) is 5.82 Å². The highest BCUT2D eigenvalue weighted by Crippen LogP contribution is 2.24. The second-order valence-electron chi connectivity index (χ2n) is 6.80. The first kappa shape index (κ1) is 19.6. The van der Waals surface area contributed by atoms with Crippen LogP contribution in [0.4, 0.5) is 17.2 Å². The maximum Gasteiger partial charge on any atom is 0.255 e. The van der Waals surface area contributed by atoms with E-state index in [0.29, 0.717) is 21.3 Å². The second-order valence-corrected chi connectivity index (χ2v) is 7.61. The predicted molar refractivity (Wildman–Crippen MR) is 120 cm³/mol. The molecule has 0 radical (unpaired) electrons. The Hall–Kier alpha value is -2.76. The Balaban J connectivity index is 1.36. The minimum atomic E-state index is -0.255. The van der Waals surface area contributed by atoms with E-state index in [1.807, 2.05) is 18.2 Å². The Bertz CT molecular complexity index is 987. The number of nitrogens with zero attached hydrogens (tertiary/aromatic N) is 3. The molecule has 29 heavy (non-hydrogen) atoms. The van der Waals surface area contributed by atoms with Crippen LogP contribution in [0.25, 0.3) is 0 Å². The summed E-state index contributed by atoms with van der Waals surface area (Å²) in [6.45, 7) is 3.69. The average molecular weight is 427 g/mol. The van der Waals surface area contributed by atoms with Gasteiger partial charge < -0.3 is 15.1 Å². The van der Waals surface area contributed by atoms with E-state index < -0.39 is 0 Å². The predicted octanol–water partition coefficient (Wildman–Crippen LogP) is 4.97. The number of aromatic nitrogens is 1. The molecule has 1 aliphatic rings. The highest BCUT2D eigenvalue weighted by molar-refractivity contribution is 6.42. The topological polar surface area (TPSA) is 48.5 Å². The van der Waals surface area contributed by atoms with Crippen LogP contribution >= 0.6 is 23.2 Å². The van der Waals surface area contributed by atoms with Crippen LogP contribution < -0.4 is 15.1 Å². The molecule has 3 aromatic rings. The zero-order valence-corrected chi connectivity index (χ0v) is 17.2. The normalized spacial score (nSPS) is 14.0. The quantitative estimate of drug-likeness (QED) is 0.639. The second kappa shape index (κ2) is 8.72. The number of pyridine rings is 1. The number of amides is 1. The lowest BCUT2D eigenvalue weighted by Gasteiger charge is -2.36. The fourth-order valence-corrected chi connectivity index (χ4v) is 3.62. The monoisotopic (exact) mass is 426 g/mol. The van der Waals surface area contributed by atoms with Gasteiger partial charge in [-0.1, -0.05) is 41.4 Å². The van der Waals surface area contributed by atoms with E-state index in [-0.39, 0.29) is 5.91 Å². The number of carbonyl (C=O) groups excluding carboxylic acids is 1. The van der Waals surface area contributed by atoms with E-state index in [2.05, 4.69) is 44.4 Å². The van der Waals surface area contributed by atoms with Crippen molar-refractivity contribution in [2.75, 3.05) is 41.3 Å². The molecule has 2 heterocycles. The number of nitrogens with one attached hydrogen (secondary N) is 1. The summed E-state index contributed by atoms with van der Waals surface area (Å²) < 4.78 is 0. The van der Waals surface area contributed by atoms with Gasteiger partial charge in [-0.25, -0.2) is 4.98 Å². The Morgan fingerprint density at radius 1 is 0.862 bits per heavy atom. The van der Waals surface area contributed by atoms with Crippen LogP contribution in [0.1, 0.15) is 10.4 Å². The van der Waals surface area contributed by atoms with Crippen molar-refractivity contribution in [3.8, 4) is 0 Å². The van der Waals surface area contributed by atoms with Crippen molar-refractivity contribution in [3.05, 3.63) is 82.5 Å². The van der Waals surface area contributed by atoms with Gasteiger partial charge in [0.2, 0.25) is 0 Å². The molecule has 2 aromatic carbocycles. The third-order valence-corrected chi connectivity index (χ3v) is 5.65. The van der Waals surface area contributed by atoms with Gasteiger partial charge in [-0.15, -0.1) is 0 Å². The molecule has 0 spiro atoms. The van der Waals surface area contributed by atoms with Gasteiger partial charge in [0.05, 0.1) is 21.9 Å². The summed E-state index contributed by atoms with van der Waals surface area (Å²) in [6, 6.07) is 19.0. The lowest BCUT2D eigenvalue weighted by Crippen LogP contribution is -2.46. The molecule has 1 amide bonds. The number of hydrogen-bond acceptors (Lipinski definition) is 4. The van der Waals surface area contributed by atoms with Crippen LogP contribution in [0.2, 0.25) is 10.0 Å². The van der Waals surface area contributed by atoms with E-state index in [1.54, 1.807) is 24.4 Å². The molecular weight excluding hydrogens is 407 g/mol. The largest absolute Gasteiger partial charge is 0.368 e. The molecule has 0 aliphatic carbocycles. The molecule has 4 rings (SSSR count). The number of carbonyl (C=O) groups is 1. The number of piperazine rings is 1. The number of rotatable bonds is 4. The van der Waals surface area contributed by atoms with Gasteiger partial charge in [-0.2, -0.15) is 0 Å². The molecule has 1 aromatic heterocycles. The van der Waals surface area contributed by atoms with Gasteiger partial charge in [0.15, 0.2) is 0 Å². The van der Waals surface area contributed by atoms with Crippen molar-refractivity contribution in [1.82, 2.24) is 4.98 Å². The molecule has 1 aliphatic heterocycles. The summed E-state index contributed by atoms with van der Waals surface area (Å²) in [6.07, 6.45) is 1.67. The maximum absolute atomic E-state index is 12.4. The van der Waals surface area contributed by atoms with Gasteiger partial charge in [-0.3, -0.25) is 4.79 Å². The molecule has 5 nitrogen and oxygen atoms in total. The number of para-hydroxylation sites is 1. The van der Waals surface area contributed by atoms with Crippen molar-refractivity contribution >= 4 is 46.3 Å². The molecule has 1 saturated heterocycles. The van der Waals surface area contributed by atoms with Crippen LogP contribution in [0.5, 0.6) is 0 Å². The van der Waals surface area contributed by atoms with Crippen LogP contribution in [0, 0.1) is 0 Å². The van der Waals surface area contributed by atoms with Gasteiger partial charge in [-0.05, 0) is 42.5 Å². The van der Waals surface area contributed by atoms with E-state index in [0.717, 1.165) is 32.0 Å². The number of halogens is 2. The first-order chi connectivity index (χ1) is 14.1. The zero-order chi connectivity index (χ0) is 20.2. The molecule has 0 bridgehead atoms. The summed E-state index contributed by atoms with van der Waals surface area (Å²) in [5.74, 6) is 0.653. The van der Waals surface area contributed by atoms with E-state index in [1.165, 1.54) is 5.69 Å². The number of hydrogen-bond donors (Lipinski definition) is 1. The molecule has 0 saturated carbocycles. The smallest absolute Gasteiger partial charge is 0.255 e. The molecule has 1 fully saturated rings. The van der Waals surface area contributed by atoms with Gasteiger partial charge in [0.25, 0.3) is 5.91 Å². The molecule has 0 unspecified atom stereocenters. The molecule has 1 N–H and O–H groups in total. The Labute approximate surface area is 179 Å². The molecular formula is C22H20Cl2N4O. The Morgan fingerprint density at radius 3 is 2.24 bits per heavy atom. The summed E-state index contributed by atoms with van der Waals surface area (Å²) in [4.78, 5) is 21.5. The van der Waals surface area contributed by atoms with Crippen LogP contribution in [0.3, 0.4) is 0 Å². The van der Waals surface area contributed by atoms with E-state index in [4.69, 9.17) is 23.2 Å². The Kier molecular flexibility index (Phi) is 5.88. The summed E-state index contributed by atoms with van der Waals surface area (Å²) in [5, 5.41) is 3.60. The van der Waals surface area contributed by atoms with Gasteiger partial charge in [0, 0.05) is 37.4 Å². The van der Waals surface area contributed by atoms with E-state index in [9.17, 15) is 4.79 Å². The number of anilines is 3. The maximum atomic E-state index is 12.4. The average Bonchev–Trinajstić information content (AvgIpc) is 2.77. The van der Waals surface area contributed by atoms with Crippen LogP contribution in [-0.2, 0) is 0 Å². The standard InChI is InChI=1S/C22H20Cl2N4O/c23-19-8-6-16(14-20(19)24)22(29)26-17-7-9-21(25-15-17)28-12-10-27(11-13-28)18-4-2-1-3-5-18/h1-9,14-15H,10-13H2,(H,26,29). The third-order valence-electron chi connectivity index (χ3n) is 4.91. The Morgan fingerprint density at radius 2 is 1.59 bits per heavy atom. The highest BCUT2D eigenvalue weighted by atomic mass is 35.5. The fraction of sp³-hybridized carbons (Fsp3) is 0.182. The zero-order valence-electron chi connectivity index (χ0n) is 15.7. The van der Waals surface area contributed by atoms with Crippen LogP contribution in [0.15, 0.2) is 66.9 Å². The van der Waals surface area contributed by atoms with Crippen molar-refractivity contribution in [2.45, 2.75) is 0 Å². The summed E-state index contributed by atoms with van der Waals surface area (Å²) >= 11 is 11.9. The molecule has 0 atom stereocenters. The third kappa shape index (κ3) is 4.63. The van der Waals surface area contributed by atoms with Gasteiger partial charge >= 0.3 is 0 Å². The van der Waals surface area contributed by atoms with E-state index >= 15 is 0 Å². The first-order valence-corrected chi connectivity index (χ1v) is 10.1. The lowest BCUT2D eigenvalue weighted by molar-refractivity contribution is 0.102. The molecule has 148 valence electrons. The van der Waals surface area contributed by atoms with Crippen molar-refractivity contribution < 1.29 is 4.79 Å². The highest BCUT2D eigenvalue weighted by Gasteiger charge is 2.18. The molecule has 7 heteroatoms. The SMILES string of the molecule is O=C(Nc1ccc(N2CCN(c3ccccc3)CC2)nc1)c1ccc(Cl)c(Cl)c1. The van der Waals surface area contributed by atoms with Crippen molar-refractivity contribution in [2.24, 2.45) is 0 Å². The number of benzene rings is 2. The first-order valence-electron chi connectivity index (χ1n) is 9.37.